The van der Waals surface area contributed by atoms with Gasteiger partial charge in [-0.05, 0) is 51.4 Å². The van der Waals surface area contributed by atoms with Crippen molar-refractivity contribution in [3.63, 3.8) is 0 Å². The van der Waals surface area contributed by atoms with Crippen LogP contribution in [0.4, 0.5) is 0 Å². The minimum atomic E-state index is -0.880. The van der Waals surface area contributed by atoms with Crippen molar-refractivity contribution in [3.05, 3.63) is 48.6 Å². The Morgan fingerprint density at radius 3 is 1.46 bits per heavy atom. The van der Waals surface area contributed by atoms with Gasteiger partial charge in [0.1, 0.15) is 6.61 Å². The molecule has 1 N–H and O–H groups in total. The molecule has 0 heterocycles. The van der Waals surface area contributed by atoms with Gasteiger partial charge in [0.25, 0.3) is 0 Å². The van der Waals surface area contributed by atoms with Gasteiger partial charge in [-0.1, -0.05) is 172 Å². The van der Waals surface area contributed by atoms with Crippen molar-refractivity contribution >= 4 is 17.9 Å². The molecule has 0 saturated carbocycles. The molecule has 2 unspecified atom stereocenters. The van der Waals surface area contributed by atoms with Crippen molar-refractivity contribution in [2.45, 2.75) is 206 Å². The third kappa shape index (κ3) is 38.6. The predicted octanol–water partition coefficient (Wildman–Crippen LogP) is 12.8. The summed E-state index contributed by atoms with van der Waals surface area (Å²) in [5, 5.41) is 9.63. The topological polar surface area (TPSA) is 99.1 Å². The van der Waals surface area contributed by atoms with Crippen molar-refractivity contribution in [1.82, 2.24) is 0 Å². The molecule has 0 amide bonds. The highest BCUT2D eigenvalue weighted by Crippen LogP contribution is 2.15. The monoisotopic (exact) mass is 803 g/mol. The van der Waals surface area contributed by atoms with Crippen LogP contribution in [-0.2, 0) is 28.6 Å². The van der Waals surface area contributed by atoms with Crippen LogP contribution in [0.5, 0.6) is 0 Å². The Balaban J connectivity index is 4.35. The molecule has 0 aromatic heterocycles. The summed E-state index contributed by atoms with van der Waals surface area (Å²) in [6.45, 7) is 4.60. The molecule has 0 fully saturated rings. The van der Waals surface area contributed by atoms with Crippen LogP contribution in [0.15, 0.2) is 48.6 Å². The lowest BCUT2D eigenvalue weighted by Crippen LogP contribution is -2.50. The summed E-state index contributed by atoms with van der Waals surface area (Å²) in [4.78, 5) is 37.0. The van der Waals surface area contributed by atoms with Crippen molar-refractivity contribution in [2.24, 2.45) is 0 Å². The molecular weight excluding hydrogens is 715 g/mol. The Hall–Kier alpha value is -2.71. The van der Waals surface area contributed by atoms with E-state index in [1.165, 1.54) is 89.9 Å². The third-order valence-corrected chi connectivity index (χ3v) is 10.2. The highest BCUT2D eigenvalue weighted by Gasteiger charge is 2.31. The lowest BCUT2D eigenvalue weighted by Gasteiger charge is -2.31. The van der Waals surface area contributed by atoms with E-state index in [9.17, 15) is 19.5 Å². The SMILES string of the molecule is CC/C=C/C/C=C/C/C=C/C/C=C/CCCCCC(=O)OC(COCCC(C(=O)O)[N+](C)(C)C)COC(=O)CCCCCCCCCCCCCCCCCCC. The molecule has 2 atom stereocenters. The first-order chi connectivity index (χ1) is 27.6. The number of carboxylic acid groups (broad SMARTS) is 1. The zero-order chi connectivity index (χ0) is 42.1. The summed E-state index contributed by atoms with van der Waals surface area (Å²) >= 11 is 0. The number of unbranched alkanes of at least 4 members (excludes halogenated alkanes) is 19. The lowest BCUT2D eigenvalue weighted by molar-refractivity contribution is -0.887. The number of carbonyl (C=O) groups is 3. The fourth-order valence-corrected chi connectivity index (χ4v) is 6.67. The summed E-state index contributed by atoms with van der Waals surface area (Å²) in [6.07, 6.45) is 47.3. The summed E-state index contributed by atoms with van der Waals surface area (Å²) in [5.74, 6) is -1.50. The maximum Gasteiger partial charge on any atom is 0.362 e. The van der Waals surface area contributed by atoms with E-state index in [0.29, 0.717) is 19.3 Å². The second kappa shape index (κ2) is 40.1. The Morgan fingerprint density at radius 1 is 0.544 bits per heavy atom. The molecule has 0 saturated heterocycles. The second-order valence-electron chi connectivity index (χ2n) is 16.6. The van der Waals surface area contributed by atoms with Crippen molar-refractivity contribution in [3.8, 4) is 0 Å². The molecule has 0 bridgehead atoms. The second-order valence-corrected chi connectivity index (χ2v) is 16.6. The molecule has 0 aliphatic rings. The number of esters is 2. The highest BCUT2D eigenvalue weighted by molar-refractivity contribution is 5.72. The van der Waals surface area contributed by atoms with Gasteiger partial charge < -0.3 is 23.8 Å². The number of nitrogens with zero attached hydrogens (tertiary/aromatic N) is 1. The van der Waals surface area contributed by atoms with Crippen LogP contribution in [0.2, 0.25) is 0 Å². The van der Waals surface area contributed by atoms with Crippen molar-refractivity contribution < 1.29 is 38.2 Å². The average Bonchev–Trinajstić information content (AvgIpc) is 3.17. The van der Waals surface area contributed by atoms with Gasteiger partial charge in [0, 0.05) is 19.3 Å². The minimum absolute atomic E-state index is 0.0491. The fourth-order valence-electron chi connectivity index (χ4n) is 6.67. The highest BCUT2D eigenvalue weighted by atomic mass is 16.6. The summed E-state index contributed by atoms with van der Waals surface area (Å²) < 4.78 is 17.3. The average molecular weight is 803 g/mol. The predicted molar refractivity (Wildman–Crippen MR) is 238 cm³/mol. The number of likely N-dealkylation sites (N-methyl/N-ethyl adjacent to an activating group) is 1. The van der Waals surface area contributed by atoms with Crippen molar-refractivity contribution in [2.75, 3.05) is 41.0 Å². The molecule has 0 spiro atoms. The molecule has 0 aliphatic heterocycles. The number of carbonyl (C=O) groups excluding carboxylic acids is 2. The van der Waals surface area contributed by atoms with Gasteiger partial charge in [-0.2, -0.15) is 0 Å². The van der Waals surface area contributed by atoms with E-state index < -0.39 is 18.1 Å². The van der Waals surface area contributed by atoms with Crippen LogP contribution in [0.1, 0.15) is 194 Å². The number of aliphatic carboxylic acids is 1. The number of hydrogen-bond donors (Lipinski definition) is 1. The number of quaternary nitrogens is 1. The van der Waals surface area contributed by atoms with E-state index in [1.54, 1.807) is 0 Å². The Bertz CT molecular complexity index is 1070. The van der Waals surface area contributed by atoms with Crippen LogP contribution in [0.3, 0.4) is 0 Å². The van der Waals surface area contributed by atoms with Crippen LogP contribution in [-0.4, -0.2) is 80.6 Å². The van der Waals surface area contributed by atoms with Gasteiger partial charge in [-0.15, -0.1) is 0 Å². The number of hydrogen-bond acceptors (Lipinski definition) is 6. The molecule has 0 rings (SSSR count). The van der Waals surface area contributed by atoms with Crippen molar-refractivity contribution in [1.29, 1.82) is 0 Å². The number of carboxylic acids is 1. The fraction of sp³-hybridized carbons (Fsp3) is 0.776. The van der Waals surface area contributed by atoms with E-state index in [-0.39, 0.29) is 36.2 Å². The quantitative estimate of drug-likeness (QED) is 0.0284. The minimum Gasteiger partial charge on any atom is -0.477 e. The van der Waals surface area contributed by atoms with Gasteiger partial charge in [-0.3, -0.25) is 9.59 Å². The summed E-state index contributed by atoms with van der Waals surface area (Å²) in [6, 6.07) is -0.620. The van der Waals surface area contributed by atoms with Gasteiger partial charge in [0.15, 0.2) is 12.1 Å². The van der Waals surface area contributed by atoms with E-state index in [2.05, 4.69) is 62.5 Å². The molecule has 0 aromatic rings. The first-order valence-electron chi connectivity index (χ1n) is 23.2. The molecular formula is C49H88NO7+. The molecule has 0 radical (unpaired) electrons. The molecule has 330 valence electrons. The molecule has 57 heavy (non-hydrogen) atoms. The molecule has 8 heteroatoms. The lowest BCUT2D eigenvalue weighted by atomic mass is 10.0. The largest absolute Gasteiger partial charge is 0.477 e. The molecule has 0 aromatic carbocycles. The maximum absolute atomic E-state index is 12.7. The maximum atomic E-state index is 12.7. The number of rotatable bonds is 41. The van der Waals surface area contributed by atoms with Gasteiger partial charge in [0.2, 0.25) is 0 Å². The van der Waals surface area contributed by atoms with Gasteiger partial charge in [-0.25, -0.2) is 4.79 Å². The van der Waals surface area contributed by atoms with Crippen LogP contribution in [0, 0.1) is 0 Å². The number of allylic oxidation sites excluding steroid dienone is 8. The van der Waals surface area contributed by atoms with Crippen LogP contribution < -0.4 is 0 Å². The normalized spacial score (nSPS) is 13.4. The van der Waals surface area contributed by atoms with Gasteiger partial charge in [0.05, 0.1) is 34.4 Å². The Labute approximate surface area is 350 Å². The zero-order valence-corrected chi connectivity index (χ0v) is 37.5. The number of ether oxygens (including phenoxy) is 3. The smallest absolute Gasteiger partial charge is 0.362 e. The van der Waals surface area contributed by atoms with E-state index in [0.717, 1.165) is 70.6 Å². The first-order valence-corrected chi connectivity index (χ1v) is 23.2. The van der Waals surface area contributed by atoms with E-state index in [4.69, 9.17) is 14.2 Å². The zero-order valence-electron chi connectivity index (χ0n) is 37.5. The Kier molecular flexibility index (Phi) is 38.2. The van der Waals surface area contributed by atoms with Gasteiger partial charge >= 0.3 is 17.9 Å². The first kappa shape index (κ1) is 54.3. The Morgan fingerprint density at radius 2 is 0.982 bits per heavy atom. The summed E-state index contributed by atoms with van der Waals surface area (Å²) in [5.41, 5.74) is 0. The summed E-state index contributed by atoms with van der Waals surface area (Å²) in [7, 11) is 5.52. The van der Waals surface area contributed by atoms with E-state index in [1.807, 2.05) is 21.1 Å². The molecule has 8 nitrogen and oxygen atoms in total. The van der Waals surface area contributed by atoms with Crippen LogP contribution >= 0.6 is 0 Å². The molecule has 0 aliphatic carbocycles. The standard InChI is InChI=1S/C49H87NO7/c1-6-8-10-12-14-16-18-20-22-24-26-27-29-31-33-35-37-39-47(51)56-44-45(43-55-42-41-46(49(53)54)50(3,4)5)57-48(52)40-38-36-34-32-30-28-25-23-21-19-17-15-13-11-9-7-2/h9,11,15,17,21,23,28,30,45-46H,6-8,10,12-14,16,18-20,22,24-27,29,31-44H2,1-5H3/p+1/b11-9+,17-15+,23-21+,30-28+. The van der Waals surface area contributed by atoms with Crippen LogP contribution in [0.25, 0.3) is 0 Å². The third-order valence-electron chi connectivity index (χ3n) is 10.2. The van der Waals surface area contributed by atoms with E-state index >= 15 is 0 Å².